The topological polar surface area (TPSA) is 41.5 Å². The molecule has 0 aliphatic heterocycles. The number of ether oxygens (including phenoxy) is 1. The summed E-state index contributed by atoms with van der Waals surface area (Å²) in [6.45, 7) is 5.07. The van der Waals surface area contributed by atoms with Crippen LogP contribution in [0.25, 0.3) is 0 Å². The molecule has 0 amide bonds. The monoisotopic (exact) mass is 175 g/mol. The van der Waals surface area contributed by atoms with E-state index < -0.39 is 0 Å². The lowest BCUT2D eigenvalue weighted by atomic mass is 10.2. The lowest BCUT2D eigenvalue weighted by Crippen LogP contribution is -2.24. The van der Waals surface area contributed by atoms with Gasteiger partial charge in [-0.15, -0.1) is 0 Å². The number of aliphatic hydroxyl groups excluding tert-OH is 1. The number of hydrogen-bond acceptors (Lipinski definition) is 3. The number of rotatable bonds is 8. The number of aliphatic hydroxyl groups is 1. The van der Waals surface area contributed by atoms with Crippen molar-refractivity contribution in [2.45, 2.75) is 19.8 Å². The van der Waals surface area contributed by atoms with E-state index in [1.165, 1.54) is 0 Å². The van der Waals surface area contributed by atoms with Gasteiger partial charge in [0.25, 0.3) is 0 Å². The first kappa shape index (κ1) is 11.9. The van der Waals surface area contributed by atoms with Crippen molar-refractivity contribution in [1.29, 1.82) is 0 Å². The Kier molecular flexibility index (Phi) is 8.88. The zero-order valence-corrected chi connectivity index (χ0v) is 8.18. The van der Waals surface area contributed by atoms with Gasteiger partial charge in [-0.2, -0.15) is 0 Å². The van der Waals surface area contributed by atoms with Crippen molar-refractivity contribution in [1.82, 2.24) is 5.32 Å². The van der Waals surface area contributed by atoms with Gasteiger partial charge in [-0.25, -0.2) is 0 Å². The van der Waals surface area contributed by atoms with Crippen molar-refractivity contribution >= 4 is 0 Å². The molecule has 0 saturated carbocycles. The predicted molar refractivity (Wildman–Crippen MR) is 50.2 cm³/mol. The van der Waals surface area contributed by atoms with Crippen molar-refractivity contribution in [2.24, 2.45) is 5.92 Å². The Morgan fingerprint density at radius 2 is 2.17 bits per heavy atom. The summed E-state index contributed by atoms with van der Waals surface area (Å²) in [5.74, 6) is 0.368. The maximum Gasteiger partial charge on any atom is 0.0468 e. The van der Waals surface area contributed by atoms with E-state index in [0.29, 0.717) is 5.92 Å². The van der Waals surface area contributed by atoms with Crippen molar-refractivity contribution in [3.05, 3.63) is 0 Å². The average Bonchev–Trinajstić information content (AvgIpc) is 2.10. The highest BCUT2D eigenvalue weighted by Gasteiger charge is 1.97. The number of unbranched alkanes of at least 4 members (excludes halogenated alkanes) is 1. The lowest BCUT2D eigenvalue weighted by molar-refractivity contribution is 0.192. The molecule has 0 rings (SSSR count). The zero-order chi connectivity index (χ0) is 9.23. The van der Waals surface area contributed by atoms with Gasteiger partial charge in [0.1, 0.15) is 0 Å². The summed E-state index contributed by atoms with van der Waals surface area (Å²) in [6.07, 6.45) is 2.25. The predicted octanol–water partition coefficient (Wildman–Crippen LogP) is 0.631. The van der Waals surface area contributed by atoms with Gasteiger partial charge in [-0.05, 0) is 31.8 Å². The van der Waals surface area contributed by atoms with Crippen LogP contribution in [0, 0.1) is 5.92 Å². The van der Waals surface area contributed by atoms with Crippen LogP contribution < -0.4 is 5.32 Å². The largest absolute Gasteiger partial charge is 0.396 e. The summed E-state index contributed by atoms with van der Waals surface area (Å²) in [4.78, 5) is 0. The highest BCUT2D eigenvalue weighted by molar-refractivity contribution is 4.54. The molecule has 0 fully saturated rings. The molecule has 0 heterocycles. The Morgan fingerprint density at radius 1 is 1.42 bits per heavy atom. The van der Waals surface area contributed by atoms with Gasteiger partial charge in [0.15, 0.2) is 0 Å². The summed E-state index contributed by atoms with van der Waals surface area (Å²) in [5.41, 5.74) is 0. The van der Waals surface area contributed by atoms with E-state index in [9.17, 15) is 0 Å². The second kappa shape index (κ2) is 8.97. The van der Waals surface area contributed by atoms with Crippen LogP contribution in [0.5, 0.6) is 0 Å². The molecule has 0 saturated heterocycles. The molecule has 74 valence electrons. The first-order valence-electron chi connectivity index (χ1n) is 4.61. The molecule has 12 heavy (non-hydrogen) atoms. The molecule has 0 bridgehead atoms. The van der Waals surface area contributed by atoms with Crippen molar-refractivity contribution < 1.29 is 9.84 Å². The van der Waals surface area contributed by atoms with Crippen LogP contribution in [-0.2, 0) is 4.74 Å². The Hall–Kier alpha value is -0.120. The van der Waals surface area contributed by atoms with Gasteiger partial charge in [0.2, 0.25) is 0 Å². The van der Waals surface area contributed by atoms with E-state index in [4.69, 9.17) is 9.84 Å². The molecule has 1 unspecified atom stereocenters. The van der Waals surface area contributed by atoms with Crippen LogP contribution in [0.15, 0.2) is 0 Å². The first-order chi connectivity index (χ1) is 5.81. The van der Waals surface area contributed by atoms with Gasteiger partial charge in [-0.1, -0.05) is 6.92 Å². The molecule has 0 aromatic heterocycles. The molecule has 0 aliphatic rings. The fraction of sp³-hybridized carbons (Fsp3) is 1.00. The molecule has 1 atom stereocenters. The van der Waals surface area contributed by atoms with Crippen molar-refractivity contribution in [2.75, 3.05) is 33.4 Å². The second-order valence-corrected chi connectivity index (χ2v) is 3.19. The van der Waals surface area contributed by atoms with Gasteiger partial charge >= 0.3 is 0 Å². The molecule has 2 N–H and O–H groups in total. The quantitative estimate of drug-likeness (QED) is 0.532. The van der Waals surface area contributed by atoms with Crippen LogP contribution in [0.3, 0.4) is 0 Å². The Labute approximate surface area is 75.1 Å². The molecule has 0 spiro atoms. The van der Waals surface area contributed by atoms with E-state index in [1.807, 2.05) is 6.92 Å². The number of hydrogen-bond donors (Lipinski definition) is 2. The highest BCUT2D eigenvalue weighted by atomic mass is 16.5. The summed E-state index contributed by atoms with van der Waals surface area (Å²) in [5, 5.41) is 12.0. The normalized spacial score (nSPS) is 13.2. The van der Waals surface area contributed by atoms with Crippen LogP contribution in [0.1, 0.15) is 19.8 Å². The molecule has 0 aromatic rings. The number of nitrogens with one attached hydrogen (secondary N) is 1. The van der Waals surface area contributed by atoms with E-state index in [-0.39, 0.29) is 6.61 Å². The molecule has 0 radical (unpaired) electrons. The van der Waals surface area contributed by atoms with Gasteiger partial charge < -0.3 is 15.2 Å². The SMILES string of the molecule is COCCCCNCC(C)CO. The zero-order valence-electron chi connectivity index (χ0n) is 8.18. The molecule has 0 aromatic carbocycles. The average molecular weight is 175 g/mol. The van der Waals surface area contributed by atoms with E-state index in [1.54, 1.807) is 7.11 Å². The summed E-state index contributed by atoms with van der Waals surface area (Å²) >= 11 is 0. The Bertz CT molecular complexity index is 88.6. The van der Waals surface area contributed by atoms with E-state index >= 15 is 0 Å². The third kappa shape index (κ3) is 7.98. The van der Waals surface area contributed by atoms with Crippen LogP contribution in [0.4, 0.5) is 0 Å². The fourth-order valence-corrected chi connectivity index (χ4v) is 0.909. The smallest absolute Gasteiger partial charge is 0.0468 e. The first-order valence-corrected chi connectivity index (χ1v) is 4.61. The van der Waals surface area contributed by atoms with E-state index in [2.05, 4.69) is 5.32 Å². The second-order valence-electron chi connectivity index (χ2n) is 3.19. The van der Waals surface area contributed by atoms with Crippen LogP contribution >= 0.6 is 0 Å². The molecular weight excluding hydrogens is 154 g/mol. The molecule has 0 aliphatic carbocycles. The Morgan fingerprint density at radius 3 is 2.75 bits per heavy atom. The maximum absolute atomic E-state index is 8.72. The van der Waals surface area contributed by atoms with Gasteiger partial charge in [-0.3, -0.25) is 0 Å². The lowest BCUT2D eigenvalue weighted by Gasteiger charge is -2.08. The maximum atomic E-state index is 8.72. The highest BCUT2D eigenvalue weighted by Crippen LogP contribution is 1.90. The van der Waals surface area contributed by atoms with E-state index in [0.717, 1.165) is 32.5 Å². The van der Waals surface area contributed by atoms with Crippen LogP contribution in [-0.4, -0.2) is 38.5 Å². The number of methoxy groups -OCH3 is 1. The van der Waals surface area contributed by atoms with Crippen molar-refractivity contribution in [3.8, 4) is 0 Å². The van der Waals surface area contributed by atoms with Crippen molar-refractivity contribution in [3.63, 3.8) is 0 Å². The fourth-order valence-electron chi connectivity index (χ4n) is 0.909. The minimum Gasteiger partial charge on any atom is -0.396 e. The minimum absolute atomic E-state index is 0.269. The third-order valence-corrected chi connectivity index (χ3v) is 1.76. The summed E-state index contributed by atoms with van der Waals surface area (Å²) in [6, 6.07) is 0. The van der Waals surface area contributed by atoms with Crippen LogP contribution in [0.2, 0.25) is 0 Å². The summed E-state index contributed by atoms with van der Waals surface area (Å²) in [7, 11) is 1.72. The summed E-state index contributed by atoms with van der Waals surface area (Å²) < 4.78 is 4.92. The molecule has 3 heteroatoms. The molecular formula is C9H21NO2. The standard InChI is InChI=1S/C9H21NO2/c1-9(8-11)7-10-5-3-4-6-12-2/h9-11H,3-8H2,1-2H3. The van der Waals surface area contributed by atoms with Gasteiger partial charge in [0.05, 0.1) is 0 Å². The molecule has 3 nitrogen and oxygen atoms in total. The minimum atomic E-state index is 0.269. The third-order valence-electron chi connectivity index (χ3n) is 1.76. The van der Waals surface area contributed by atoms with Gasteiger partial charge in [0, 0.05) is 20.3 Å². The Balaban J connectivity index is 2.90.